The minimum Gasteiger partial charge on any atom is -0.310 e. The van der Waals surface area contributed by atoms with Crippen molar-refractivity contribution in [3.63, 3.8) is 0 Å². The lowest BCUT2D eigenvalue weighted by atomic mass is 9.91. The fourth-order valence-electron chi connectivity index (χ4n) is 4.65. The molecule has 1 unspecified atom stereocenters. The monoisotopic (exact) mass is 443 g/mol. The minimum atomic E-state index is 0.0668. The van der Waals surface area contributed by atoms with Gasteiger partial charge in [0, 0.05) is 30.3 Å². The zero-order valence-corrected chi connectivity index (χ0v) is 19.1. The summed E-state index contributed by atoms with van der Waals surface area (Å²) in [5.41, 5.74) is 7.21. The SMILES string of the molecule is O=c1[nH]c(CCCC2CC(c3ccc(-c4ccccc4)cc3)=CCN2)nc2c1CSCC2. The van der Waals surface area contributed by atoms with Crippen molar-refractivity contribution in [2.24, 2.45) is 0 Å². The van der Waals surface area contributed by atoms with Gasteiger partial charge in [0.25, 0.3) is 5.56 Å². The number of aromatic amines is 1. The predicted octanol–water partition coefficient (Wildman–Crippen LogP) is 4.99. The van der Waals surface area contributed by atoms with Crippen LogP contribution in [0.2, 0.25) is 0 Å². The second kappa shape index (κ2) is 9.88. The van der Waals surface area contributed by atoms with Gasteiger partial charge in [-0.1, -0.05) is 60.7 Å². The highest BCUT2D eigenvalue weighted by Gasteiger charge is 2.18. The number of H-pyrrole nitrogens is 1. The average molecular weight is 444 g/mol. The molecule has 0 aliphatic carbocycles. The number of rotatable bonds is 6. The molecular weight excluding hydrogens is 414 g/mol. The van der Waals surface area contributed by atoms with Crippen molar-refractivity contribution in [1.82, 2.24) is 15.3 Å². The number of aryl methyl sites for hydroxylation is 2. The molecule has 32 heavy (non-hydrogen) atoms. The van der Waals surface area contributed by atoms with Crippen LogP contribution in [0.4, 0.5) is 0 Å². The molecule has 2 aromatic carbocycles. The van der Waals surface area contributed by atoms with Crippen molar-refractivity contribution < 1.29 is 0 Å². The van der Waals surface area contributed by atoms with Crippen LogP contribution in [0.25, 0.3) is 16.7 Å². The van der Waals surface area contributed by atoms with Crippen molar-refractivity contribution in [1.29, 1.82) is 0 Å². The van der Waals surface area contributed by atoms with Gasteiger partial charge >= 0.3 is 0 Å². The zero-order chi connectivity index (χ0) is 21.8. The number of benzene rings is 2. The van der Waals surface area contributed by atoms with Gasteiger partial charge in [-0.2, -0.15) is 11.8 Å². The molecule has 5 rings (SSSR count). The van der Waals surface area contributed by atoms with Crippen molar-refractivity contribution in [2.75, 3.05) is 12.3 Å². The van der Waals surface area contributed by atoms with Crippen LogP contribution in [0, 0.1) is 0 Å². The topological polar surface area (TPSA) is 57.8 Å². The van der Waals surface area contributed by atoms with Crippen molar-refractivity contribution >= 4 is 17.3 Å². The summed E-state index contributed by atoms with van der Waals surface area (Å²) < 4.78 is 0. The Morgan fingerprint density at radius 3 is 2.62 bits per heavy atom. The lowest BCUT2D eigenvalue weighted by Crippen LogP contribution is -2.33. The van der Waals surface area contributed by atoms with Crippen LogP contribution in [0.3, 0.4) is 0 Å². The third-order valence-electron chi connectivity index (χ3n) is 6.43. The number of hydrogen-bond donors (Lipinski definition) is 2. The predicted molar refractivity (Wildman–Crippen MR) is 134 cm³/mol. The van der Waals surface area contributed by atoms with E-state index >= 15 is 0 Å². The first-order valence-corrected chi connectivity index (χ1v) is 12.7. The summed E-state index contributed by atoms with van der Waals surface area (Å²) in [5, 5.41) is 3.63. The number of thioether (sulfide) groups is 1. The molecule has 2 aliphatic rings. The van der Waals surface area contributed by atoms with E-state index in [0.717, 1.165) is 67.2 Å². The molecule has 0 bridgehead atoms. The summed E-state index contributed by atoms with van der Waals surface area (Å²) in [5.74, 6) is 2.71. The van der Waals surface area contributed by atoms with E-state index in [-0.39, 0.29) is 5.56 Å². The molecule has 4 nitrogen and oxygen atoms in total. The van der Waals surface area contributed by atoms with Crippen LogP contribution in [0.1, 0.15) is 41.9 Å². The summed E-state index contributed by atoms with van der Waals surface area (Å²) in [7, 11) is 0. The Kier molecular flexibility index (Phi) is 6.56. The van der Waals surface area contributed by atoms with Gasteiger partial charge in [-0.15, -0.1) is 0 Å². The molecule has 164 valence electrons. The van der Waals surface area contributed by atoms with Crippen LogP contribution < -0.4 is 10.9 Å². The fraction of sp³-hybridized carbons (Fsp3) is 0.333. The van der Waals surface area contributed by atoms with Crippen LogP contribution in [0.5, 0.6) is 0 Å². The largest absolute Gasteiger partial charge is 0.310 e. The number of hydrogen-bond acceptors (Lipinski definition) is 4. The van der Waals surface area contributed by atoms with E-state index in [1.54, 1.807) is 0 Å². The van der Waals surface area contributed by atoms with Gasteiger partial charge in [-0.3, -0.25) is 4.79 Å². The molecule has 3 heterocycles. The Hall–Kier alpha value is -2.63. The normalized spacial score (nSPS) is 18.1. The molecule has 0 spiro atoms. The van der Waals surface area contributed by atoms with E-state index in [4.69, 9.17) is 4.98 Å². The summed E-state index contributed by atoms with van der Waals surface area (Å²) in [6, 6.07) is 19.9. The van der Waals surface area contributed by atoms with E-state index in [2.05, 4.69) is 71.0 Å². The first kappa shape index (κ1) is 21.2. The maximum Gasteiger partial charge on any atom is 0.255 e. The van der Waals surface area contributed by atoms with Gasteiger partial charge in [0.1, 0.15) is 5.82 Å². The molecule has 0 saturated carbocycles. The highest BCUT2D eigenvalue weighted by molar-refractivity contribution is 7.98. The van der Waals surface area contributed by atoms with Crippen molar-refractivity contribution in [2.45, 2.75) is 43.9 Å². The zero-order valence-electron chi connectivity index (χ0n) is 18.3. The van der Waals surface area contributed by atoms with Crippen LogP contribution in [-0.4, -0.2) is 28.3 Å². The summed E-state index contributed by atoms with van der Waals surface area (Å²) >= 11 is 1.82. The van der Waals surface area contributed by atoms with Gasteiger partial charge in [-0.05, 0) is 53.7 Å². The van der Waals surface area contributed by atoms with Crippen molar-refractivity contribution in [3.05, 3.63) is 93.7 Å². The van der Waals surface area contributed by atoms with E-state index < -0.39 is 0 Å². The molecule has 1 aromatic heterocycles. The van der Waals surface area contributed by atoms with Crippen LogP contribution in [-0.2, 0) is 18.6 Å². The highest BCUT2D eigenvalue weighted by atomic mass is 32.2. The first-order chi connectivity index (χ1) is 15.8. The number of fused-ring (bicyclic) bond motifs is 1. The average Bonchev–Trinajstić information content (AvgIpc) is 2.85. The number of nitrogens with one attached hydrogen (secondary N) is 2. The molecule has 5 heteroatoms. The van der Waals surface area contributed by atoms with Gasteiger partial charge in [0.05, 0.1) is 5.69 Å². The Balaban J connectivity index is 1.17. The molecule has 0 radical (unpaired) electrons. The molecule has 1 atom stereocenters. The van der Waals surface area contributed by atoms with Crippen LogP contribution >= 0.6 is 11.8 Å². The third-order valence-corrected chi connectivity index (χ3v) is 7.42. The van der Waals surface area contributed by atoms with E-state index in [1.807, 2.05) is 11.8 Å². The fourth-order valence-corrected chi connectivity index (χ4v) is 5.63. The van der Waals surface area contributed by atoms with E-state index in [1.165, 1.54) is 22.3 Å². The maximum absolute atomic E-state index is 12.3. The highest BCUT2D eigenvalue weighted by Crippen LogP contribution is 2.27. The number of aromatic nitrogens is 2. The second-order valence-electron chi connectivity index (χ2n) is 8.61. The Morgan fingerprint density at radius 1 is 1.00 bits per heavy atom. The van der Waals surface area contributed by atoms with Crippen LogP contribution in [0.15, 0.2) is 65.5 Å². The van der Waals surface area contributed by atoms with Gasteiger partial charge < -0.3 is 10.3 Å². The van der Waals surface area contributed by atoms with Gasteiger partial charge in [-0.25, -0.2) is 4.98 Å². The lowest BCUT2D eigenvalue weighted by molar-refractivity contribution is 0.482. The standard InChI is InChI=1S/C27H29N3OS/c31-27-24-18-32-16-14-25(24)29-26(30-27)8-4-7-23-17-22(13-15-28-23)21-11-9-20(10-12-21)19-5-2-1-3-6-19/h1-3,5-6,9-13,23,28H,4,7-8,14-18H2,(H,29,30,31). The molecular formula is C27H29N3OS. The quantitative estimate of drug-likeness (QED) is 0.563. The van der Waals surface area contributed by atoms with E-state index in [0.29, 0.717) is 6.04 Å². The maximum atomic E-state index is 12.3. The Labute approximate surface area is 193 Å². The van der Waals surface area contributed by atoms with Gasteiger partial charge in [0.15, 0.2) is 0 Å². The first-order valence-electron chi connectivity index (χ1n) is 11.5. The molecule has 0 saturated heterocycles. The minimum absolute atomic E-state index is 0.0668. The third kappa shape index (κ3) is 4.89. The van der Waals surface area contributed by atoms with Gasteiger partial charge in [0.2, 0.25) is 0 Å². The molecule has 0 fully saturated rings. The Morgan fingerprint density at radius 2 is 1.78 bits per heavy atom. The second-order valence-corrected chi connectivity index (χ2v) is 9.72. The van der Waals surface area contributed by atoms with E-state index in [9.17, 15) is 4.79 Å². The smallest absolute Gasteiger partial charge is 0.255 e. The van der Waals surface area contributed by atoms with Crippen molar-refractivity contribution in [3.8, 4) is 11.1 Å². The molecule has 2 aliphatic heterocycles. The summed E-state index contributed by atoms with van der Waals surface area (Å²) in [4.78, 5) is 20.1. The lowest BCUT2D eigenvalue weighted by Gasteiger charge is -2.25. The number of nitrogens with zero attached hydrogens (tertiary/aromatic N) is 1. The molecule has 0 amide bonds. The molecule has 3 aromatic rings. The Bertz CT molecular complexity index is 1150. The summed E-state index contributed by atoms with van der Waals surface area (Å²) in [6.07, 6.45) is 7.20. The summed E-state index contributed by atoms with van der Waals surface area (Å²) in [6.45, 7) is 0.909. The molecule has 2 N–H and O–H groups in total.